The first-order valence-corrected chi connectivity index (χ1v) is 9.74. The Hall–Kier alpha value is -3.36. The molecule has 3 aromatic rings. The molecule has 1 aliphatic heterocycles. The third-order valence-corrected chi connectivity index (χ3v) is 5.38. The summed E-state index contributed by atoms with van der Waals surface area (Å²) in [5, 5.41) is 7.23. The summed E-state index contributed by atoms with van der Waals surface area (Å²) in [6, 6.07) is 14.6. The van der Waals surface area contributed by atoms with E-state index >= 15 is 0 Å². The monoisotopic (exact) mass is 407 g/mol. The number of nitrogens with one attached hydrogen (secondary N) is 3. The van der Waals surface area contributed by atoms with Crippen LogP contribution in [0.1, 0.15) is 18.5 Å². The molecule has 0 saturated carbocycles. The molecule has 30 heavy (non-hydrogen) atoms. The van der Waals surface area contributed by atoms with Crippen LogP contribution in [0.25, 0.3) is 5.69 Å². The summed E-state index contributed by atoms with van der Waals surface area (Å²) in [6.45, 7) is 2.03. The van der Waals surface area contributed by atoms with Crippen molar-refractivity contribution in [1.29, 1.82) is 0 Å². The van der Waals surface area contributed by atoms with Crippen molar-refractivity contribution >= 4 is 11.6 Å². The minimum Gasteiger partial charge on any atom is -0.497 e. The number of hydrogen-bond acceptors (Lipinski definition) is 6. The number of carbonyl (C=O) groups is 1. The Bertz CT molecular complexity index is 1020. The van der Waals surface area contributed by atoms with E-state index in [0.29, 0.717) is 5.69 Å². The fourth-order valence-electron chi connectivity index (χ4n) is 3.75. The first kappa shape index (κ1) is 19.9. The maximum absolute atomic E-state index is 13.0. The molecule has 3 atom stereocenters. The first-order valence-electron chi connectivity index (χ1n) is 9.74. The van der Waals surface area contributed by atoms with Gasteiger partial charge in [-0.05, 0) is 42.5 Å². The topological polar surface area (TPSA) is 89.4 Å². The van der Waals surface area contributed by atoms with E-state index in [1.165, 1.54) is 0 Å². The molecule has 3 N–H and O–H groups in total. The van der Waals surface area contributed by atoms with Gasteiger partial charge < -0.3 is 14.8 Å². The Kier molecular flexibility index (Phi) is 5.69. The van der Waals surface area contributed by atoms with E-state index in [1.807, 2.05) is 61.7 Å². The van der Waals surface area contributed by atoms with Crippen LogP contribution in [-0.2, 0) is 4.79 Å². The summed E-state index contributed by atoms with van der Waals surface area (Å²) in [6.07, 6.45) is 3.58. The molecule has 1 saturated heterocycles. The zero-order valence-corrected chi connectivity index (χ0v) is 17.1. The standard InChI is InChI=1S/C22H25N5O3/c1-14-20(18-13-17(29-2)8-9-19(18)30-3)25-26-21(14)22(28)24-15-6-4-7-16(12-15)27-11-5-10-23-27/h4-14,20-21,25-26H,1-3H3,(H,24,28). The molecule has 2 heterocycles. The highest BCUT2D eigenvalue weighted by atomic mass is 16.5. The van der Waals surface area contributed by atoms with E-state index < -0.39 is 6.04 Å². The van der Waals surface area contributed by atoms with Gasteiger partial charge in [0.15, 0.2) is 0 Å². The predicted octanol–water partition coefficient (Wildman–Crippen LogP) is 2.68. The highest BCUT2D eigenvalue weighted by Gasteiger charge is 2.39. The Morgan fingerprint density at radius 3 is 2.70 bits per heavy atom. The predicted molar refractivity (Wildman–Crippen MR) is 114 cm³/mol. The molecule has 0 bridgehead atoms. The number of ether oxygens (including phenoxy) is 2. The van der Waals surface area contributed by atoms with Gasteiger partial charge in [-0.3, -0.25) is 4.79 Å². The van der Waals surface area contributed by atoms with E-state index in [1.54, 1.807) is 25.1 Å². The van der Waals surface area contributed by atoms with Crippen molar-refractivity contribution in [2.24, 2.45) is 5.92 Å². The van der Waals surface area contributed by atoms with Crippen molar-refractivity contribution in [2.75, 3.05) is 19.5 Å². The number of hydrazine groups is 1. The number of hydrogen-bond donors (Lipinski definition) is 3. The lowest BCUT2D eigenvalue weighted by Gasteiger charge is -2.21. The highest BCUT2D eigenvalue weighted by molar-refractivity contribution is 5.95. The van der Waals surface area contributed by atoms with Crippen LogP contribution >= 0.6 is 0 Å². The summed E-state index contributed by atoms with van der Waals surface area (Å²) < 4.78 is 12.6. The van der Waals surface area contributed by atoms with Crippen molar-refractivity contribution in [3.8, 4) is 17.2 Å². The lowest BCUT2D eigenvalue weighted by molar-refractivity contribution is -0.118. The van der Waals surface area contributed by atoms with Crippen molar-refractivity contribution in [3.05, 3.63) is 66.5 Å². The fourth-order valence-corrected chi connectivity index (χ4v) is 3.75. The molecule has 3 unspecified atom stereocenters. The Morgan fingerprint density at radius 1 is 1.10 bits per heavy atom. The van der Waals surface area contributed by atoms with Gasteiger partial charge >= 0.3 is 0 Å². The average molecular weight is 407 g/mol. The van der Waals surface area contributed by atoms with Gasteiger partial charge in [0.2, 0.25) is 5.91 Å². The van der Waals surface area contributed by atoms with Crippen LogP contribution in [0.5, 0.6) is 11.5 Å². The number of aromatic nitrogens is 2. The van der Waals surface area contributed by atoms with E-state index in [0.717, 1.165) is 22.7 Å². The normalized spacial score (nSPS) is 20.7. The number of anilines is 1. The van der Waals surface area contributed by atoms with E-state index in [9.17, 15) is 4.79 Å². The molecule has 0 spiro atoms. The van der Waals surface area contributed by atoms with Crippen LogP contribution in [-0.4, -0.2) is 35.9 Å². The molecule has 1 fully saturated rings. The number of benzene rings is 2. The van der Waals surface area contributed by atoms with Crippen LogP contribution < -0.4 is 25.6 Å². The fraction of sp³-hybridized carbons (Fsp3) is 0.273. The summed E-state index contributed by atoms with van der Waals surface area (Å²) in [4.78, 5) is 13.0. The molecule has 8 heteroatoms. The SMILES string of the molecule is COc1ccc(OC)c(C2NNC(C(=O)Nc3cccc(-n4cccn4)c3)C2C)c1. The van der Waals surface area contributed by atoms with E-state index in [2.05, 4.69) is 21.3 Å². The summed E-state index contributed by atoms with van der Waals surface area (Å²) in [5.41, 5.74) is 8.90. The van der Waals surface area contributed by atoms with Crippen molar-refractivity contribution in [1.82, 2.24) is 20.6 Å². The molecule has 4 rings (SSSR count). The molecule has 156 valence electrons. The van der Waals surface area contributed by atoms with Gasteiger partial charge in [-0.1, -0.05) is 13.0 Å². The van der Waals surface area contributed by atoms with Crippen molar-refractivity contribution in [3.63, 3.8) is 0 Å². The zero-order valence-electron chi connectivity index (χ0n) is 17.1. The largest absolute Gasteiger partial charge is 0.497 e. The summed E-state index contributed by atoms with van der Waals surface area (Å²) in [7, 11) is 3.26. The van der Waals surface area contributed by atoms with Gasteiger partial charge in [-0.2, -0.15) is 5.10 Å². The first-order chi connectivity index (χ1) is 14.6. The molecule has 8 nitrogen and oxygen atoms in total. The second kappa shape index (κ2) is 8.56. The minimum absolute atomic E-state index is 0.0275. The molecule has 1 aromatic heterocycles. The molecule has 0 radical (unpaired) electrons. The third-order valence-electron chi connectivity index (χ3n) is 5.38. The molecule has 0 aliphatic carbocycles. The Labute approximate surface area is 175 Å². The van der Waals surface area contributed by atoms with Crippen LogP contribution in [0, 0.1) is 5.92 Å². The number of rotatable bonds is 6. The molecule has 1 amide bonds. The van der Waals surface area contributed by atoms with Gasteiger partial charge in [0.05, 0.1) is 25.9 Å². The number of nitrogens with zero attached hydrogens (tertiary/aromatic N) is 2. The smallest absolute Gasteiger partial charge is 0.243 e. The highest BCUT2D eigenvalue weighted by Crippen LogP contribution is 2.36. The second-order valence-corrected chi connectivity index (χ2v) is 7.20. The van der Waals surface area contributed by atoms with Crippen molar-refractivity contribution < 1.29 is 14.3 Å². The van der Waals surface area contributed by atoms with E-state index in [4.69, 9.17) is 9.47 Å². The third kappa shape index (κ3) is 3.87. The van der Waals surface area contributed by atoms with Gasteiger partial charge in [-0.25, -0.2) is 15.5 Å². The zero-order chi connectivity index (χ0) is 21.1. The summed E-state index contributed by atoms with van der Waals surface area (Å²) in [5.74, 6) is 1.34. The van der Waals surface area contributed by atoms with Gasteiger partial charge in [0.1, 0.15) is 17.5 Å². The van der Waals surface area contributed by atoms with Crippen LogP contribution in [0.2, 0.25) is 0 Å². The van der Waals surface area contributed by atoms with Gasteiger partial charge in [0, 0.05) is 29.6 Å². The average Bonchev–Trinajstić information content (AvgIpc) is 3.43. The molecular weight excluding hydrogens is 382 g/mol. The number of methoxy groups -OCH3 is 2. The minimum atomic E-state index is -0.417. The van der Waals surface area contributed by atoms with Crippen molar-refractivity contribution in [2.45, 2.75) is 19.0 Å². The number of amides is 1. The maximum atomic E-state index is 13.0. The Morgan fingerprint density at radius 2 is 1.97 bits per heavy atom. The Balaban J connectivity index is 1.50. The lowest BCUT2D eigenvalue weighted by Crippen LogP contribution is -2.41. The van der Waals surface area contributed by atoms with Crippen LogP contribution in [0.4, 0.5) is 5.69 Å². The molecule has 1 aliphatic rings. The van der Waals surface area contributed by atoms with Gasteiger partial charge in [0.25, 0.3) is 0 Å². The maximum Gasteiger partial charge on any atom is 0.243 e. The molecular formula is C22H25N5O3. The second-order valence-electron chi connectivity index (χ2n) is 7.20. The number of carbonyl (C=O) groups excluding carboxylic acids is 1. The van der Waals surface area contributed by atoms with Crippen LogP contribution in [0.3, 0.4) is 0 Å². The quantitative estimate of drug-likeness (QED) is 0.582. The van der Waals surface area contributed by atoms with Crippen LogP contribution in [0.15, 0.2) is 60.9 Å². The van der Waals surface area contributed by atoms with E-state index in [-0.39, 0.29) is 17.9 Å². The molecule has 2 aromatic carbocycles. The lowest BCUT2D eigenvalue weighted by atomic mass is 9.90. The summed E-state index contributed by atoms with van der Waals surface area (Å²) >= 11 is 0. The van der Waals surface area contributed by atoms with Gasteiger partial charge in [-0.15, -0.1) is 0 Å².